The molecule has 0 bridgehead atoms. The molecule has 0 aromatic rings. The molecule has 0 aromatic heterocycles. The summed E-state index contributed by atoms with van der Waals surface area (Å²) in [5.41, 5.74) is -1.01. The fourth-order valence-corrected chi connectivity index (χ4v) is 4.59. The first kappa shape index (κ1) is 14.2. The molecule has 0 spiro atoms. The lowest BCUT2D eigenvalue weighted by atomic mass is 10.2. The third-order valence-corrected chi connectivity index (χ3v) is 5.01. The van der Waals surface area contributed by atoms with Crippen molar-refractivity contribution in [1.82, 2.24) is 0 Å². The van der Waals surface area contributed by atoms with Crippen LogP contribution in [0.15, 0.2) is 0 Å². The topological polar surface area (TPSA) is 121 Å². The molecule has 1 unspecified atom stereocenters. The molecule has 0 rings (SSSR count). The van der Waals surface area contributed by atoms with Crippen LogP contribution in [-0.2, 0) is 0 Å². The van der Waals surface area contributed by atoms with Gasteiger partial charge in [-0.1, -0.05) is 19.8 Å². The van der Waals surface area contributed by atoms with Gasteiger partial charge in [0.05, 0.1) is 0 Å². The quantitative estimate of drug-likeness (QED) is 0.311. The maximum absolute atomic E-state index is 9.01. The molecule has 0 radical (unpaired) electrons. The fraction of sp³-hybridized carbons (Fsp3) is 1.00. The molecular weight excluding hydrogens is 224 g/mol. The molecule has 0 aliphatic heterocycles. The van der Waals surface area contributed by atoms with E-state index in [1.165, 1.54) is 0 Å². The van der Waals surface area contributed by atoms with Gasteiger partial charge in [0.2, 0.25) is 0 Å². The lowest BCUT2D eigenvalue weighted by Crippen LogP contribution is -2.46. The Bertz CT molecular complexity index is 163. The minimum absolute atomic E-state index is 0.267. The van der Waals surface area contributed by atoms with Gasteiger partial charge in [-0.15, -0.1) is 0 Å². The zero-order chi connectivity index (χ0) is 11.4. The van der Waals surface area contributed by atoms with Crippen LogP contribution in [0, 0.1) is 0 Å². The van der Waals surface area contributed by atoms with Crippen LogP contribution in [0.1, 0.15) is 26.2 Å². The summed E-state index contributed by atoms with van der Waals surface area (Å²) in [6.07, 6.45) is 1.69. The minimum atomic E-state index is -4.38. The Labute approximate surface area is 84.8 Å². The van der Waals surface area contributed by atoms with Crippen LogP contribution in [0.2, 0.25) is 11.6 Å². The molecule has 1 atom stereocenters. The van der Waals surface area contributed by atoms with Crippen LogP contribution < -0.4 is 0 Å². The maximum Gasteiger partial charge on any atom is 0.495 e. The van der Waals surface area contributed by atoms with Gasteiger partial charge >= 0.3 is 17.6 Å². The maximum atomic E-state index is 9.01. The van der Waals surface area contributed by atoms with Crippen molar-refractivity contribution >= 4 is 17.6 Å². The molecule has 6 N–H and O–H groups in total. The summed E-state index contributed by atoms with van der Waals surface area (Å²) in [7, 11) is -8.70. The van der Waals surface area contributed by atoms with Gasteiger partial charge in [0.25, 0.3) is 0 Å². The lowest BCUT2D eigenvalue weighted by molar-refractivity contribution is 0.188. The van der Waals surface area contributed by atoms with Crippen LogP contribution >= 0.6 is 0 Å². The van der Waals surface area contributed by atoms with Crippen molar-refractivity contribution in [3.8, 4) is 0 Å². The van der Waals surface area contributed by atoms with Crippen LogP contribution in [-0.4, -0.2) is 46.4 Å². The number of rotatable bonds is 6. The molecule has 86 valence electrons. The third kappa shape index (κ3) is 6.62. The third-order valence-electron chi connectivity index (χ3n) is 1.97. The second-order valence-corrected chi connectivity index (χ2v) is 7.65. The van der Waals surface area contributed by atoms with E-state index in [0.29, 0.717) is 6.42 Å². The Morgan fingerprint density at radius 1 is 1.00 bits per heavy atom. The summed E-state index contributed by atoms with van der Waals surface area (Å²) in [6.45, 7) is 1.88. The molecule has 0 amide bonds. The average Bonchev–Trinajstić information content (AvgIpc) is 1.93. The summed E-state index contributed by atoms with van der Waals surface area (Å²) in [4.78, 5) is 53.4. The van der Waals surface area contributed by atoms with Gasteiger partial charge in [0, 0.05) is 11.6 Å². The van der Waals surface area contributed by atoms with E-state index in [-0.39, 0.29) is 6.42 Å². The van der Waals surface area contributed by atoms with Crippen molar-refractivity contribution in [2.75, 3.05) is 0 Å². The normalized spacial score (nSPS) is 15.6. The molecule has 0 aliphatic carbocycles. The predicted molar refractivity (Wildman–Crippen MR) is 52.9 cm³/mol. The van der Waals surface area contributed by atoms with Gasteiger partial charge in [0.1, 0.15) is 0 Å². The van der Waals surface area contributed by atoms with Crippen molar-refractivity contribution < 1.29 is 28.8 Å². The van der Waals surface area contributed by atoms with Gasteiger partial charge in [-0.3, -0.25) is 0 Å². The standard InChI is InChI=1S/C6H18O6Si2/c1-2-3-4-6(14(10,11)12)5-13(7,8)9/h6-12H,2-5H2,1H3. The lowest BCUT2D eigenvalue weighted by Gasteiger charge is -2.24. The van der Waals surface area contributed by atoms with E-state index in [4.69, 9.17) is 28.8 Å². The Morgan fingerprint density at radius 3 is 1.79 bits per heavy atom. The summed E-state index contributed by atoms with van der Waals surface area (Å²) in [5, 5.41) is 0. The van der Waals surface area contributed by atoms with E-state index in [0.717, 1.165) is 6.42 Å². The predicted octanol–water partition coefficient (Wildman–Crippen LogP) is -1.62. The smallest absolute Gasteiger partial charge is 0.390 e. The molecule has 0 saturated heterocycles. The Kier molecular flexibility index (Phi) is 5.40. The van der Waals surface area contributed by atoms with Crippen molar-refractivity contribution in [2.24, 2.45) is 0 Å². The fourth-order valence-electron chi connectivity index (χ4n) is 1.21. The van der Waals surface area contributed by atoms with E-state index in [9.17, 15) is 0 Å². The van der Waals surface area contributed by atoms with Gasteiger partial charge in [0.15, 0.2) is 0 Å². The molecule has 6 nitrogen and oxygen atoms in total. The average molecular weight is 242 g/mol. The second kappa shape index (κ2) is 5.33. The van der Waals surface area contributed by atoms with Crippen LogP contribution in [0.25, 0.3) is 0 Å². The summed E-state index contributed by atoms with van der Waals surface area (Å²) in [5.74, 6) is 0. The van der Waals surface area contributed by atoms with Crippen LogP contribution in [0.3, 0.4) is 0 Å². The largest absolute Gasteiger partial charge is 0.495 e. The zero-order valence-electron chi connectivity index (χ0n) is 8.09. The number of hydrogen-bond donors (Lipinski definition) is 6. The van der Waals surface area contributed by atoms with Crippen molar-refractivity contribution in [3.05, 3.63) is 0 Å². The number of unbranched alkanes of at least 4 members (excludes halogenated alkanes) is 1. The molecule has 8 heteroatoms. The van der Waals surface area contributed by atoms with Crippen molar-refractivity contribution in [2.45, 2.75) is 37.8 Å². The van der Waals surface area contributed by atoms with Crippen LogP contribution in [0.4, 0.5) is 0 Å². The first-order valence-electron chi connectivity index (χ1n) is 4.51. The van der Waals surface area contributed by atoms with E-state index in [1.807, 2.05) is 6.92 Å². The minimum Gasteiger partial charge on any atom is -0.390 e. The zero-order valence-corrected chi connectivity index (χ0v) is 10.1. The SMILES string of the molecule is CCCCC(C[Si](O)(O)O)[Si](O)(O)O. The van der Waals surface area contributed by atoms with Crippen molar-refractivity contribution in [3.63, 3.8) is 0 Å². The van der Waals surface area contributed by atoms with Gasteiger partial charge < -0.3 is 28.8 Å². The highest BCUT2D eigenvalue weighted by molar-refractivity contribution is 6.63. The van der Waals surface area contributed by atoms with Gasteiger partial charge in [-0.2, -0.15) is 0 Å². The highest BCUT2D eigenvalue weighted by Gasteiger charge is 2.45. The monoisotopic (exact) mass is 242 g/mol. The molecule has 0 saturated carbocycles. The molecule has 0 fully saturated rings. The Balaban J connectivity index is 4.26. The first-order chi connectivity index (χ1) is 6.17. The number of hydrogen-bond acceptors (Lipinski definition) is 6. The van der Waals surface area contributed by atoms with Gasteiger partial charge in [-0.05, 0) is 6.42 Å². The highest BCUT2D eigenvalue weighted by atomic mass is 28.4. The molecule has 14 heavy (non-hydrogen) atoms. The van der Waals surface area contributed by atoms with Crippen LogP contribution in [0.5, 0.6) is 0 Å². The summed E-state index contributed by atoms with van der Waals surface area (Å²) >= 11 is 0. The summed E-state index contributed by atoms with van der Waals surface area (Å²) in [6, 6.07) is -0.525. The van der Waals surface area contributed by atoms with Crippen molar-refractivity contribution in [1.29, 1.82) is 0 Å². The first-order valence-corrected chi connectivity index (χ1v) is 8.48. The molecule has 0 aromatic carbocycles. The van der Waals surface area contributed by atoms with E-state index in [2.05, 4.69) is 0 Å². The van der Waals surface area contributed by atoms with E-state index < -0.39 is 29.2 Å². The summed E-state index contributed by atoms with van der Waals surface area (Å²) < 4.78 is 0. The second-order valence-electron chi connectivity index (χ2n) is 3.50. The molecule has 0 aliphatic rings. The molecule has 0 heterocycles. The Morgan fingerprint density at radius 2 is 1.50 bits per heavy atom. The van der Waals surface area contributed by atoms with E-state index in [1.54, 1.807) is 0 Å². The Hall–Kier alpha value is 0.194. The van der Waals surface area contributed by atoms with Gasteiger partial charge in [-0.25, -0.2) is 0 Å². The van der Waals surface area contributed by atoms with E-state index >= 15 is 0 Å². The molecular formula is C6H18O6Si2. The highest BCUT2D eigenvalue weighted by Crippen LogP contribution is 2.29.